The smallest absolute Gasteiger partial charge is 0.424 e. The van der Waals surface area contributed by atoms with Crippen molar-refractivity contribution in [2.24, 2.45) is 0 Å². The van der Waals surface area contributed by atoms with Gasteiger partial charge < -0.3 is 10.0 Å². The molecular weight excluding hydrogens is 508 g/mol. The zero-order valence-corrected chi connectivity index (χ0v) is 22.1. The molecule has 0 aliphatic carbocycles. The largest absolute Gasteiger partial charge is 0.480 e. The lowest BCUT2D eigenvalue weighted by molar-refractivity contribution is -0.143. The Morgan fingerprint density at radius 3 is 2.17 bits per heavy atom. The number of nitrogens with zero attached hydrogens (tertiary/aromatic N) is 4. The van der Waals surface area contributed by atoms with Gasteiger partial charge in [-0.25, -0.2) is 18.9 Å². The Bertz CT molecular complexity index is 1480. The predicted molar refractivity (Wildman–Crippen MR) is 151 cm³/mol. The minimum atomic E-state index is -1.23. The van der Waals surface area contributed by atoms with Crippen molar-refractivity contribution in [2.75, 3.05) is 37.6 Å². The summed E-state index contributed by atoms with van der Waals surface area (Å²) in [7, 11) is 0. The number of piperazine rings is 1. The SMILES string of the molecule is O=C1Cc2ccccc2N(C(=O)N2CCN(C(=O)[N+]3(c4ccccc4)CCCC3)C[C@H]2C(=O)O)c2ccccc21. The van der Waals surface area contributed by atoms with Gasteiger partial charge in [-0.1, -0.05) is 48.5 Å². The monoisotopic (exact) mass is 539 g/mol. The van der Waals surface area contributed by atoms with Crippen LogP contribution in [-0.4, -0.2) is 77.5 Å². The summed E-state index contributed by atoms with van der Waals surface area (Å²) in [5.74, 6) is -1.28. The van der Waals surface area contributed by atoms with E-state index in [1.54, 1.807) is 41.3 Å². The van der Waals surface area contributed by atoms with Gasteiger partial charge in [0.25, 0.3) is 0 Å². The van der Waals surface area contributed by atoms with Crippen LogP contribution in [0.15, 0.2) is 78.9 Å². The zero-order valence-electron chi connectivity index (χ0n) is 22.1. The molecule has 0 spiro atoms. The van der Waals surface area contributed by atoms with Crippen molar-refractivity contribution in [3.05, 3.63) is 90.0 Å². The molecule has 9 nitrogen and oxygen atoms in total. The quantitative estimate of drug-likeness (QED) is 0.477. The van der Waals surface area contributed by atoms with Crippen LogP contribution in [0, 0.1) is 0 Å². The van der Waals surface area contributed by atoms with Crippen molar-refractivity contribution in [3.8, 4) is 0 Å². The fraction of sp³-hybridized carbons (Fsp3) is 0.290. The van der Waals surface area contributed by atoms with Gasteiger partial charge in [-0.2, -0.15) is 0 Å². The molecule has 0 unspecified atom stereocenters. The lowest BCUT2D eigenvalue weighted by Gasteiger charge is -2.43. The summed E-state index contributed by atoms with van der Waals surface area (Å²) in [5.41, 5.74) is 2.99. The Morgan fingerprint density at radius 1 is 0.800 bits per heavy atom. The van der Waals surface area contributed by atoms with Gasteiger partial charge in [0.05, 0.1) is 31.0 Å². The third-order valence-corrected chi connectivity index (χ3v) is 8.35. The van der Waals surface area contributed by atoms with Crippen LogP contribution in [0.2, 0.25) is 0 Å². The highest BCUT2D eigenvalue weighted by atomic mass is 16.4. The predicted octanol–water partition coefficient (Wildman–Crippen LogP) is 4.68. The molecule has 0 radical (unpaired) electrons. The molecule has 3 aromatic rings. The number of urea groups is 2. The molecule has 9 heteroatoms. The van der Waals surface area contributed by atoms with Crippen LogP contribution in [0.25, 0.3) is 0 Å². The standard InChI is InChI=1S/C31H30N4O5/c36-28-20-22-10-4-6-14-25(22)34(26-15-7-5-13-24(26)28)30(39)33-17-16-32(21-27(33)29(37)38)31(40)35(18-8-9-19-35)23-11-2-1-3-12-23/h1-7,10-15,27H,8-9,16-21H2/p+1/t27-/m0/s1. The maximum atomic E-state index is 14.2. The number of Topliss-reactive ketones (excluding diaryl/α,β-unsaturated/α-hetero) is 1. The molecule has 0 aromatic heterocycles. The molecular formula is C31H31N4O5+. The molecule has 40 heavy (non-hydrogen) atoms. The van der Waals surface area contributed by atoms with Crippen LogP contribution >= 0.6 is 0 Å². The highest BCUT2D eigenvalue weighted by Crippen LogP contribution is 2.38. The lowest BCUT2D eigenvalue weighted by Crippen LogP contribution is -2.66. The van der Waals surface area contributed by atoms with E-state index in [0.29, 0.717) is 35.6 Å². The first kappa shape index (κ1) is 25.8. The summed E-state index contributed by atoms with van der Waals surface area (Å²) in [6, 6.07) is 21.9. The van der Waals surface area contributed by atoms with Gasteiger partial charge >= 0.3 is 18.0 Å². The number of rotatable bonds is 2. The van der Waals surface area contributed by atoms with Crippen molar-refractivity contribution < 1.29 is 24.3 Å². The Hall–Kier alpha value is -4.50. The first-order valence-corrected chi connectivity index (χ1v) is 13.7. The number of ketones is 1. The number of anilines is 2. The second kappa shape index (κ2) is 10.2. The first-order valence-electron chi connectivity index (χ1n) is 13.7. The number of para-hydroxylation sites is 3. The number of carboxylic acid groups (broad SMARTS) is 1. The summed E-state index contributed by atoms with van der Waals surface area (Å²) in [6.07, 6.45) is 1.96. The van der Waals surface area contributed by atoms with Crippen LogP contribution in [-0.2, 0) is 11.2 Å². The van der Waals surface area contributed by atoms with Crippen molar-refractivity contribution in [1.82, 2.24) is 14.3 Å². The maximum Gasteiger partial charge on any atom is 0.424 e. The van der Waals surface area contributed by atoms with Gasteiger partial charge in [-0.3, -0.25) is 14.6 Å². The van der Waals surface area contributed by atoms with Gasteiger partial charge in [0.15, 0.2) is 5.78 Å². The number of carbonyl (C=O) groups is 4. The maximum absolute atomic E-state index is 14.2. The average molecular weight is 540 g/mol. The van der Waals surface area contributed by atoms with Crippen LogP contribution in [0.5, 0.6) is 0 Å². The fourth-order valence-electron chi connectivity index (χ4n) is 6.33. The molecule has 3 heterocycles. The van der Waals surface area contributed by atoms with Gasteiger partial charge in [0.2, 0.25) is 0 Å². The Balaban J connectivity index is 1.33. The summed E-state index contributed by atoms with van der Waals surface area (Å²) >= 11 is 0. The number of hydrogen-bond acceptors (Lipinski definition) is 4. The summed E-state index contributed by atoms with van der Waals surface area (Å²) < 4.78 is 0.163. The molecule has 3 aromatic carbocycles. The number of aliphatic carboxylic acids is 1. The van der Waals surface area contributed by atoms with Crippen LogP contribution in [0.4, 0.5) is 26.7 Å². The Morgan fingerprint density at radius 2 is 1.45 bits per heavy atom. The molecule has 0 bridgehead atoms. The van der Waals surface area contributed by atoms with E-state index in [9.17, 15) is 24.3 Å². The van der Waals surface area contributed by atoms with Gasteiger partial charge in [0.1, 0.15) is 11.7 Å². The topological polar surface area (TPSA) is 98.2 Å². The Kier molecular flexibility index (Phi) is 6.59. The molecule has 2 saturated heterocycles. The fourth-order valence-corrected chi connectivity index (χ4v) is 6.33. The third kappa shape index (κ3) is 4.23. The second-order valence-corrected chi connectivity index (χ2v) is 10.6. The molecule has 0 saturated carbocycles. The number of fused-ring (bicyclic) bond motifs is 2. The molecule has 4 amide bonds. The van der Waals surface area contributed by atoms with E-state index >= 15 is 0 Å². The first-order chi connectivity index (χ1) is 19.4. The minimum Gasteiger partial charge on any atom is -0.480 e. The van der Waals surface area contributed by atoms with E-state index in [1.807, 2.05) is 42.5 Å². The average Bonchev–Trinajstić information content (AvgIpc) is 3.45. The third-order valence-electron chi connectivity index (χ3n) is 8.35. The molecule has 6 rings (SSSR count). The van der Waals surface area contributed by atoms with Gasteiger partial charge in [-0.15, -0.1) is 0 Å². The molecule has 3 aliphatic heterocycles. The minimum absolute atomic E-state index is 0.0606. The van der Waals surface area contributed by atoms with Crippen molar-refractivity contribution in [2.45, 2.75) is 25.3 Å². The molecule has 1 N–H and O–H groups in total. The van der Waals surface area contributed by atoms with E-state index in [4.69, 9.17) is 0 Å². The number of likely N-dealkylation sites (tertiary alicyclic amines) is 1. The van der Waals surface area contributed by atoms with E-state index in [-0.39, 0.29) is 42.4 Å². The van der Waals surface area contributed by atoms with Gasteiger partial charge in [-0.05, 0) is 35.9 Å². The lowest BCUT2D eigenvalue weighted by atomic mass is 10.0. The van der Waals surface area contributed by atoms with Crippen LogP contribution in [0.3, 0.4) is 0 Å². The summed E-state index contributed by atoms with van der Waals surface area (Å²) in [4.78, 5) is 58.3. The Labute approximate surface area is 232 Å². The number of hydrogen-bond donors (Lipinski definition) is 1. The molecule has 1 atom stereocenters. The number of quaternary nitrogens is 1. The highest BCUT2D eigenvalue weighted by molar-refractivity contribution is 6.12. The van der Waals surface area contributed by atoms with Gasteiger partial charge in [0, 0.05) is 37.9 Å². The van der Waals surface area contributed by atoms with Crippen molar-refractivity contribution in [1.29, 1.82) is 0 Å². The van der Waals surface area contributed by atoms with Crippen molar-refractivity contribution >= 4 is 40.9 Å². The summed E-state index contributed by atoms with van der Waals surface area (Å²) in [6.45, 7) is 1.50. The molecule has 2 fully saturated rings. The zero-order chi connectivity index (χ0) is 27.9. The second-order valence-electron chi connectivity index (χ2n) is 10.6. The van der Waals surface area contributed by atoms with E-state index in [0.717, 1.165) is 18.5 Å². The number of carbonyl (C=O) groups excluding carboxylic acids is 3. The van der Waals surface area contributed by atoms with Crippen molar-refractivity contribution in [3.63, 3.8) is 0 Å². The number of carboxylic acids is 1. The number of amides is 4. The number of benzene rings is 3. The van der Waals surface area contributed by atoms with Crippen LogP contribution < -0.4 is 9.38 Å². The summed E-state index contributed by atoms with van der Waals surface area (Å²) in [5, 5.41) is 10.3. The van der Waals surface area contributed by atoms with Crippen LogP contribution in [0.1, 0.15) is 28.8 Å². The van der Waals surface area contributed by atoms with E-state index in [1.165, 1.54) is 9.80 Å². The van der Waals surface area contributed by atoms with E-state index < -0.39 is 18.0 Å². The highest BCUT2D eigenvalue weighted by Gasteiger charge is 2.49. The van der Waals surface area contributed by atoms with E-state index in [2.05, 4.69) is 0 Å². The molecule has 3 aliphatic rings. The molecule has 204 valence electrons. The normalized spacial score (nSPS) is 19.9.